The van der Waals surface area contributed by atoms with E-state index in [-0.39, 0.29) is 5.75 Å². The smallest absolute Gasteiger partial charge is 0.142 e. The second kappa shape index (κ2) is 4.15. The van der Waals surface area contributed by atoms with E-state index in [0.717, 1.165) is 16.5 Å². The molecule has 1 aromatic heterocycles. The Balaban J connectivity index is 2.22. The molecule has 0 aliphatic carbocycles. The molecule has 0 spiro atoms. The molecule has 1 N–H and O–H groups in total. The average Bonchev–Trinajstić information content (AvgIpc) is 2.39. The van der Waals surface area contributed by atoms with E-state index in [4.69, 9.17) is 0 Å². The van der Waals surface area contributed by atoms with Crippen molar-refractivity contribution in [2.75, 3.05) is 0 Å². The van der Waals surface area contributed by atoms with E-state index in [1.165, 1.54) is 5.56 Å². The van der Waals surface area contributed by atoms with Crippen molar-refractivity contribution in [2.45, 2.75) is 6.92 Å². The summed E-state index contributed by atoms with van der Waals surface area (Å²) in [6.07, 6.45) is 0. The molecule has 0 aliphatic rings. The van der Waals surface area contributed by atoms with Crippen molar-refractivity contribution in [3.63, 3.8) is 0 Å². The quantitative estimate of drug-likeness (QED) is 0.693. The summed E-state index contributed by atoms with van der Waals surface area (Å²) in [6, 6.07) is 17.5. The van der Waals surface area contributed by atoms with E-state index in [0.29, 0.717) is 5.69 Å². The van der Waals surface area contributed by atoms with Gasteiger partial charge in [0.05, 0.1) is 5.52 Å². The SMILES string of the molecule is Cc1ccc(-c2nc3ccccc3cc2O)cc1. The van der Waals surface area contributed by atoms with Crippen molar-refractivity contribution in [1.82, 2.24) is 4.98 Å². The van der Waals surface area contributed by atoms with Crippen molar-refractivity contribution in [3.05, 3.63) is 60.2 Å². The number of benzene rings is 2. The fourth-order valence-electron chi connectivity index (χ4n) is 2.03. The Hall–Kier alpha value is -2.35. The first-order valence-electron chi connectivity index (χ1n) is 5.90. The maximum atomic E-state index is 10.1. The highest BCUT2D eigenvalue weighted by atomic mass is 16.3. The molecular weight excluding hydrogens is 222 g/mol. The Morgan fingerprint density at radius 3 is 2.44 bits per heavy atom. The Morgan fingerprint density at radius 2 is 1.67 bits per heavy atom. The van der Waals surface area contributed by atoms with Crippen LogP contribution in [-0.4, -0.2) is 10.1 Å². The number of para-hydroxylation sites is 1. The van der Waals surface area contributed by atoms with Gasteiger partial charge in [-0.15, -0.1) is 0 Å². The number of nitrogens with zero attached hydrogens (tertiary/aromatic N) is 1. The molecule has 0 radical (unpaired) electrons. The molecule has 0 saturated heterocycles. The Labute approximate surface area is 106 Å². The zero-order valence-electron chi connectivity index (χ0n) is 10.1. The third kappa shape index (κ3) is 1.82. The van der Waals surface area contributed by atoms with Gasteiger partial charge >= 0.3 is 0 Å². The van der Waals surface area contributed by atoms with Crippen LogP contribution in [0.5, 0.6) is 5.75 Å². The Morgan fingerprint density at radius 1 is 0.944 bits per heavy atom. The fraction of sp³-hybridized carbons (Fsp3) is 0.0625. The van der Waals surface area contributed by atoms with Gasteiger partial charge in [0.15, 0.2) is 0 Å². The number of aryl methyl sites for hydroxylation is 1. The van der Waals surface area contributed by atoms with Gasteiger partial charge in [-0.05, 0) is 19.1 Å². The number of hydrogen-bond donors (Lipinski definition) is 1. The number of hydrogen-bond acceptors (Lipinski definition) is 2. The summed E-state index contributed by atoms with van der Waals surface area (Å²) >= 11 is 0. The van der Waals surface area contributed by atoms with E-state index in [1.807, 2.05) is 55.5 Å². The summed E-state index contributed by atoms with van der Waals surface area (Å²) in [4.78, 5) is 4.52. The first-order chi connectivity index (χ1) is 8.74. The van der Waals surface area contributed by atoms with Crippen LogP contribution in [0.25, 0.3) is 22.2 Å². The average molecular weight is 235 g/mol. The minimum atomic E-state index is 0.220. The lowest BCUT2D eigenvalue weighted by atomic mass is 10.1. The summed E-state index contributed by atoms with van der Waals surface area (Å²) in [5.74, 6) is 0.220. The highest BCUT2D eigenvalue weighted by Gasteiger charge is 2.07. The van der Waals surface area contributed by atoms with Crippen LogP contribution in [0.15, 0.2) is 54.6 Å². The summed E-state index contributed by atoms with van der Waals surface area (Å²) in [7, 11) is 0. The fourth-order valence-corrected chi connectivity index (χ4v) is 2.03. The number of aromatic nitrogens is 1. The Bertz CT molecular complexity index is 702. The molecule has 3 rings (SSSR count). The molecule has 1 heterocycles. The maximum absolute atomic E-state index is 10.1. The molecule has 88 valence electrons. The lowest BCUT2D eigenvalue weighted by Crippen LogP contribution is -1.87. The van der Waals surface area contributed by atoms with Gasteiger partial charge in [-0.25, -0.2) is 4.98 Å². The van der Waals surface area contributed by atoms with E-state index in [2.05, 4.69) is 4.98 Å². The topological polar surface area (TPSA) is 33.1 Å². The monoisotopic (exact) mass is 235 g/mol. The molecule has 0 atom stereocenters. The molecule has 3 aromatic rings. The molecular formula is C16H13NO. The largest absolute Gasteiger partial charge is 0.506 e. The summed E-state index contributed by atoms with van der Waals surface area (Å²) < 4.78 is 0. The van der Waals surface area contributed by atoms with E-state index in [9.17, 15) is 5.11 Å². The first-order valence-corrected chi connectivity index (χ1v) is 5.90. The van der Waals surface area contributed by atoms with Crippen LogP contribution < -0.4 is 0 Å². The summed E-state index contributed by atoms with van der Waals surface area (Å²) in [5, 5.41) is 11.0. The highest BCUT2D eigenvalue weighted by Crippen LogP contribution is 2.30. The third-order valence-corrected chi connectivity index (χ3v) is 3.03. The van der Waals surface area contributed by atoms with Gasteiger partial charge in [0, 0.05) is 10.9 Å². The lowest BCUT2D eigenvalue weighted by molar-refractivity contribution is 0.476. The predicted octanol–water partition coefficient (Wildman–Crippen LogP) is 3.92. The van der Waals surface area contributed by atoms with E-state index in [1.54, 1.807) is 6.07 Å². The summed E-state index contributed by atoms with van der Waals surface area (Å²) in [5.41, 5.74) is 3.66. The van der Waals surface area contributed by atoms with Crippen molar-refractivity contribution in [3.8, 4) is 17.0 Å². The van der Waals surface area contributed by atoms with Crippen molar-refractivity contribution < 1.29 is 5.11 Å². The van der Waals surface area contributed by atoms with Crippen molar-refractivity contribution >= 4 is 10.9 Å². The maximum Gasteiger partial charge on any atom is 0.142 e. The zero-order chi connectivity index (χ0) is 12.5. The van der Waals surface area contributed by atoms with Crippen LogP contribution >= 0.6 is 0 Å². The number of rotatable bonds is 1. The van der Waals surface area contributed by atoms with Gasteiger partial charge in [0.1, 0.15) is 11.4 Å². The van der Waals surface area contributed by atoms with Crippen molar-refractivity contribution in [2.24, 2.45) is 0 Å². The molecule has 0 unspecified atom stereocenters. The molecule has 0 saturated carbocycles. The molecule has 0 aliphatic heterocycles. The third-order valence-electron chi connectivity index (χ3n) is 3.03. The molecule has 2 nitrogen and oxygen atoms in total. The summed E-state index contributed by atoms with van der Waals surface area (Å²) in [6.45, 7) is 2.04. The zero-order valence-corrected chi connectivity index (χ0v) is 10.1. The van der Waals surface area contributed by atoms with Gasteiger partial charge in [-0.2, -0.15) is 0 Å². The first kappa shape index (κ1) is 10.8. The van der Waals surface area contributed by atoms with Gasteiger partial charge in [0.2, 0.25) is 0 Å². The molecule has 0 fully saturated rings. The van der Waals surface area contributed by atoms with Crippen LogP contribution in [-0.2, 0) is 0 Å². The van der Waals surface area contributed by atoms with Crippen LogP contribution in [0.1, 0.15) is 5.56 Å². The molecule has 2 heteroatoms. The van der Waals surface area contributed by atoms with Gasteiger partial charge in [-0.3, -0.25) is 0 Å². The number of fused-ring (bicyclic) bond motifs is 1. The molecule has 0 bridgehead atoms. The second-order valence-corrected chi connectivity index (χ2v) is 4.41. The van der Waals surface area contributed by atoms with Crippen LogP contribution in [0.4, 0.5) is 0 Å². The minimum absolute atomic E-state index is 0.220. The molecule has 0 amide bonds. The number of pyridine rings is 1. The van der Waals surface area contributed by atoms with E-state index < -0.39 is 0 Å². The minimum Gasteiger partial charge on any atom is -0.506 e. The van der Waals surface area contributed by atoms with Crippen molar-refractivity contribution in [1.29, 1.82) is 0 Å². The van der Waals surface area contributed by atoms with Gasteiger partial charge in [-0.1, -0.05) is 48.0 Å². The second-order valence-electron chi connectivity index (χ2n) is 4.41. The standard InChI is InChI=1S/C16H13NO/c1-11-6-8-12(9-7-11)16-15(18)10-13-4-2-3-5-14(13)17-16/h2-10,18H,1H3. The highest BCUT2D eigenvalue weighted by molar-refractivity contribution is 5.84. The molecule has 18 heavy (non-hydrogen) atoms. The predicted molar refractivity (Wildman–Crippen MR) is 73.6 cm³/mol. The van der Waals surface area contributed by atoms with Crippen LogP contribution in [0.3, 0.4) is 0 Å². The van der Waals surface area contributed by atoms with Gasteiger partial charge in [0.25, 0.3) is 0 Å². The van der Waals surface area contributed by atoms with E-state index >= 15 is 0 Å². The van der Waals surface area contributed by atoms with Crippen LogP contribution in [0, 0.1) is 6.92 Å². The van der Waals surface area contributed by atoms with Crippen LogP contribution in [0.2, 0.25) is 0 Å². The normalized spacial score (nSPS) is 10.7. The lowest BCUT2D eigenvalue weighted by Gasteiger charge is -2.06. The molecule has 2 aromatic carbocycles. The Kier molecular flexibility index (Phi) is 2.49. The van der Waals surface area contributed by atoms with Gasteiger partial charge < -0.3 is 5.11 Å². The number of aromatic hydroxyl groups is 1.